The lowest BCUT2D eigenvalue weighted by Gasteiger charge is -2.10. The number of thiophene rings is 1. The Kier molecular flexibility index (Phi) is 6.18. The minimum Gasteiger partial charge on any atom is -0.332 e. The van der Waals surface area contributed by atoms with Crippen LogP contribution >= 0.6 is 35.2 Å². The molecule has 8 heteroatoms. The average Bonchev–Trinajstić information content (AvgIpc) is 3.18. The molecule has 0 fully saturated rings. The molecule has 3 N–H and O–H groups in total. The molecule has 0 saturated heterocycles. The topological polar surface area (TPSA) is 70.2 Å². The van der Waals surface area contributed by atoms with Gasteiger partial charge in [0, 0.05) is 11.4 Å². The van der Waals surface area contributed by atoms with Crippen LogP contribution in [0.15, 0.2) is 66.0 Å². The third-order valence-corrected chi connectivity index (χ3v) is 4.89. The Morgan fingerprint density at radius 3 is 2.15 bits per heavy atom. The van der Waals surface area contributed by atoms with Crippen molar-refractivity contribution in [3.8, 4) is 0 Å². The van der Waals surface area contributed by atoms with Crippen molar-refractivity contribution in [3.63, 3.8) is 0 Å². The van der Waals surface area contributed by atoms with Crippen molar-refractivity contribution in [1.82, 2.24) is 5.32 Å². The Morgan fingerprint density at radius 1 is 0.852 bits per heavy atom. The molecule has 0 unspecified atom stereocenters. The lowest BCUT2D eigenvalue weighted by Crippen LogP contribution is -2.33. The molecular formula is C19H14ClN3O2S2. The highest BCUT2D eigenvalue weighted by molar-refractivity contribution is 7.80. The van der Waals surface area contributed by atoms with E-state index >= 15 is 0 Å². The number of thiocarbonyl (C=S) groups is 1. The van der Waals surface area contributed by atoms with Crippen molar-refractivity contribution in [2.45, 2.75) is 0 Å². The molecule has 0 atom stereocenters. The molecule has 5 nitrogen and oxygen atoms in total. The van der Waals surface area contributed by atoms with Gasteiger partial charge in [0.1, 0.15) is 0 Å². The fourth-order valence-electron chi connectivity index (χ4n) is 2.22. The van der Waals surface area contributed by atoms with Crippen LogP contribution in [0.4, 0.5) is 11.4 Å². The van der Waals surface area contributed by atoms with Gasteiger partial charge in [-0.25, -0.2) is 0 Å². The van der Waals surface area contributed by atoms with Crippen LogP contribution < -0.4 is 16.0 Å². The Balaban J connectivity index is 1.57. The minimum atomic E-state index is -0.292. The van der Waals surface area contributed by atoms with Crippen LogP contribution in [-0.4, -0.2) is 16.9 Å². The molecule has 3 rings (SSSR count). The van der Waals surface area contributed by atoms with E-state index in [4.69, 9.17) is 23.8 Å². The average molecular weight is 416 g/mol. The zero-order valence-corrected chi connectivity index (χ0v) is 16.3. The van der Waals surface area contributed by atoms with E-state index in [1.54, 1.807) is 60.7 Å². The molecule has 2 aromatic carbocycles. The summed E-state index contributed by atoms with van der Waals surface area (Å²) < 4.78 is 0. The van der Waals surface area contributed by atoms with E-state index in [9.17, 15) is 9.59 Å². The van der Waals surface area contributed by atoms with Gasteiger partial charge < -0.3 is 10.6 Å². The van der Waals surface area contributed by atoms with E-state index in [-0.39, 0.29) is 16.9 Å². The van der Waals surface area contributed by atoms with Crippen LogP contribution in [0.5, 0.6) is 0 Å². The van der Waals surface area contributed by atoms with Crippen LogP contribution in [0, 0.1) is 0 Å². The molecule has 1 aromatic heterocycles. The Morgan fingerprint density at radius 2 is 1.52 bits per heavy atom. The number of nitrogens with one attached hydrogen (secondary N) is 3. The predicted molar refractivity (Wildman–Crippen MR) is 114 cm³/mol. The van der Waals surface area contributed by atoms with E-state index < -0.39 is 0 Å². The second-order valence-electron chi connectivity index (χ2n) is 5.40. The SMILES string of the molecule is O=C(NC(=S)Nc1ccc(NC(=O)c2ccccc2Cl)cc1)c1cccs1. The van der Waals surface area contributed by atoms with Gasteiger partial charge in [-0.3, -0.25) is 14.9 Å². The third-order valence-electron chi connectivity index (χ3n) is 3.49. The van der Waals surface area contributed by atoms with Crippen LogP contribution in [0.3, 0.4) is 0 Å². The third kappa shape index (κ3) is 5.13. The number of amides is 2. The first-order valence-electron chi connectivity index (χ1n) is 7.85. The molecule has 0 aliphatic rings. The maximum atomic E-state index is 12.3. The summed E-state index contributed by atoms with van der Waals surface area (Å²) in [6, 6.07) is 17.3. The van der Waals surface area contributed by atoms with Crippen molar-refractivity contribution in [3.05, 3.63) is 81.5 Å². The summed E-state index contributed by atoms with van der Waals surface area (Å²) in [5, 5.41) is 10.7. The van der Waals surface area contributed by atoms with Crippen molar-refractivity contribution in [1.29, 1.82) is 0 Å². The number of carbonyl (C=O) groups is 2. The highest BCUT2D eigenvalue weighted by atomic mass is 35.5. The van der Waals surface area contributed by atoms with E-state index in [1.807, 2.05) is 5.38 Å². The van der Waals surface area contributed by atoms with Gasteiger partial charge in [-0.05, 0) is 60.1 Å². The molecule has 0 radical (unpaired) electrons. The van der Waals surface area contributed by atoms with Gasteiger partial charge in [0.05, 0.1) is 15.5 Å². The van der Waals surface area contributed by atoms with E-state index in [0.29, 0.717) is 26.8 Å². The summed E-state index contributed by atoms with van der Waals surface area (Å²) in [6.45, 7) is 0. The Bertz CT molecular complexity index is 973. The highest BCUT2D eigenvalue weighted by Gasteiger charge is 2.11. The number of anilines is 2. The zero-order chi connectivity index (χ0) is 19.2. The number of benzene rings is 2. The standard InChI is InChI=1S/C19H14ClN3O2S2/c20-15-5-2-1-4-14(15)17(24)21-12-7-9-13(10-8-12)22-19(26)23-18(25)16-6-3-11-27-16/h1-11H,(H,21,24)(H2,22,23,25,26). The number of rotatable bonds is 4. The predicted octanol–water partition coefficient (Wildman–Crippen LogP) is 4.78. The molecule has 0 saturated carbocycles. The molecule has 0 aliphatic heterocycles. The lowest BCUT2D eigenvalue weighted by molar-refractivity contribution is 0.0980. The van der Waals surface area contributed by atoms with Gasteiger partial charge >= 0.3 is 0 Å². The van der Waals surface area contributed by atoms with E-state index in [0.717, 1.165) is 0 Å². The van der Waals surface area contributed by atoms with Crippen LogP contribution in [-0.2, 0) is 0 Å². The first kappa shape index (κ1) is 19.0. The van der Waals surface area contributed by atoms with Gasteiger partial charge in [-0.2, -0.15) is 0 Å². The monoisotopic (exact) mass is 415 g/mol. The van der Waals surface area contributed by atoms with Gasteiger partial charge in [-0.1, -0.05) is 29.8 Å². The fraction of sp³-hybridized carbons (Fsp3) is 0. The van der Waals surface area contributed by atoms with Crippen molar-refractivity contribution in [2.75, 3.05) is 10.6 Å². The van der Waals surface area contributed by atoms with Crippen LogP contribution in [0.2, 0.25) is 5.02 Å². The fourth-order valence-corrected chi connectivity index (χ4v) is 3.27. The maximum absolute atomic E-state index is 12.3. The van der Waals surface area contributed by atoms with Gasteiger partial charge in [-0.15, -0.1) is 11.3 Å². The highest BCUT2D eigenvalue weighted by Crippen LogP contribution is 2.18. The molecular weight excluding hydrogens is 402 g/mol. The molecule has 2 amide bonds. The van der Waals surface area contributed by atoms with Crippen molar-refractivity contribution in [2.24, 2.45) is 0 Å². The summed E-state index contributed by atoms with van der Waals surface area (Å²) in [4.78, 5) is 24.8. The van der Waals surface area contributed by atoms with Gasteiger partial charge in [0.25, 0.3) is 11.8 Å². The van der Waals surface area contributed by atoms with Gasteiger partial charge in [0.2, 0.25) is 0 Å². The Hall–Kier alpha value is -2.74. The lowest BCUT2D eigenvalue weighted by atomic mass is 10.2. The van der Waals surface area contributed by atoms with E-state index in [2.05, 4.69) is 16.0 Å². The second kappa shape index (κ2) is 8.77. The zero-order valence-electron chi connectivity index (χ0n) is 13.9. The number of carbonyl (C=O) groups excluding carboxylic acids is 2. The second-order valence-corrected chi connectivity index (χ2v) is 7.16. The molecule has 3 aromatic rings. The molecule has 27 heavy (non-hydrogen) atoms. The smallest absolute Gasteiger partial charge is 0.267 e. The molecule has 1 heterocycles. The minimum absolute atomic E-state index is 0.196. The Labute approximate surface area is 170 Å². The van der Waals surface area contributed by atoms with Crippen molar-refractivity contribution >= 4 is 63.5 Å². The molecule has 0 bridgehead atoms. The molecule has 0 aliphatic carbocycles. The van der Waals surface area contributed by atoms with E-state index in [1.165, 1.54) is 11.3 Å². The van der Waals surface area contributed by atoms with Gasteiger partial charge in [0.15, 0.2) is 5.11 Å². The first-order chi connectivity index (χ1) is 13.0. The number of hydrogen-bond acceptors (Lipinski definition) is 4. The van der Waals surface area contributed by atoms with Crippen LogP contribution in [0.25, 0.3) is 0 Å². The maximum Gasteiger partial charge on any atom is 0.267 e. The van der Waals surface area contributed by atoms with Crippen LogP contribution in [0.1, 0.15) is 20.0 Å². The number of hydrogen-bond donors (Lipinski definition) is 3. The summed E-state index contributed by atoms with van der Waals surface area (Å²) in [5.41, 5.74) is 1.69. The summed E-state index contributed by atoms with van der Waals surface area (Å²) in [7, 11) is 0. The summed E-state index contributed by atoms with van der Waals surface area (Å²) in [5.74, 6) is -0.550. The van der Waals surface area contributed by atoms with Crippen molar-refractivity contribution < 1.29 is 9.59 Å². The first-order valence-corrected chi connectivity index (χ1v) is 9.51. The largest absolute Gasteiger partial charge is 0.332 e. The summed E-state index contributed by atoms with van der Waals surface area (Å²) >= 11 is 12.5. The molecule has 136 valence electrons. The molecule has 0 spiro atoms. The number of halogens is 1. The summed E-state index contributed by atoms with van der Waals surface area (Å²) in [6.07, 6.45) is 0. The normalized spacial score (nSPS) is 10.1. The quantitative estimate of drug-likeness (QED) is 0.536.